The number of hydrogen-bond donors (Lipinski definition) is 0. The number of carbonyl (C=O) groups excluding carboxylic acids is 1. The molecule has 80 valence electrons. The first-order valence-electron chi connectivity index (χ1n) is 4.98. The Morgan fingerprint density at radius 1 is 1.27 bits per heavy atom. The van der Waals surface area contributed by atoms with Gasteiger partial charge in [0.1, 0.15) is 0 Å². The molecule has 1 aromatic carbocycles. The Labute approximate surface area is 96.7 Å². The van der Waals surface area contributed by atoms with Gasteiger partial charge in [0, 0.05) is 10.1 Å². The molecule has 1 aromatic heterocycles. The summed E-state index contributed by atoms with van der Waals surface area (Å²) >= 11 is 1.56. The Kier molecular flexibility index (Phi) is 4.44. The Morgan fingerprint density at radius 3 is 2.40 bits per heavy atom. The molecule has 0 aliphatic rings. The summed E-state index contributed by atoms with van der Waals surface area (Å²) in [5.74, 6) is 0.145. The van der Waals surface area contributed by atoms with Gasteiger partial charge >= 0.3 is 0 Å². The van der Waals surface area contributed by atoms with Crippen molar-refractivity contribution in [1.82, 2.24) is 0 Å². The van der Waals surface area contributed by atoms with Gasteiger partial charge in [0.2, 0.25) is 0 Å². The topological polar surface area (TPSA) is 17.1 Å². The fourth-order valence-electron chi connectivity index (χ4n) is 1.33. The second kappa shape index (κ2) is 5.39. The van der Waals surface area contributed by atoms with Crippen molar-refractivity contribution in [3.8, 4) is 0 Å². The van der Waals surface area contributed by atoms with Crippen LogP contribution < -0.4 is 5.30 Å². The highest BCUT2D eigenvalue weighted by molar-refractivity contribution is 7.34. The van der Waals surface area contributed by atoms with Gasteiger partial charge in [-0.3, -0.25) is 4.79 Å². The van der Waals surface area contributed by atoms with Gasteiger partial charge < -0.3 is 0 Å². The number of fused-ring (bicyclic) bond motifs is 1. The summed E-state index contributed by atoms with van der Waals surface area (Å²) < 4.78 is 1.18. The Morgan fingerprint density at radius 2 is 1.87 bits per heavy atom. The standard InChI is InChI=1S/C10H9OPS.C2H6/c1-6(11)10-9(12)7-4-2-3-5-8(7)13-10;1-2/h2-5H,12H2,1H3;1-2H3. The quantitative estimate of drug-likeness (QED) is 0.547. The van der Waals surface area contributed by atoms with Crippen LogP contribution in [0.3, 0.4) is 0 Å². The molecule has 0 amide bonds. The van der Waals surface area contributed by atoms with Crippen LogP contribution >= 0.6 is 20.6 Å². The largest absolute Gasteiger partial charge is 0.294 e. The molecular formula is C12H15OPS. The highest BCUT2D eigenvalue weighted by Crippen LogP contribution is 2.25. The minimum absolute atomic E-state index is 0.145. The summed E-state index contributed by atoms with van der Waals surface area (Å²) in [6, 6.07) is 8.07. The molecule has 2 aromatic rings. The molecule has 0 N–H and O–H groups in total. The molecule has 2 rings (SSSR count). The molecule has 15 heavy (non-hydrogen) atoms. The lowest BCUT2D eigenvalue weighted by Gasteiger charge is -1.90. The maximum atomic E-state index is 11.2. The van der Waals surface area contributed by atoms with Crippen LogP contribution in [-0.2, 0) is 0 Å². The fraction of sp³-hybridized carbons (Fsp3) is 0.250. The first kappa shape index (κ1) is 12.4. The zero-order valence-electron chi connectivity index (χ0n) is 9.20. The van der Waals surface area contributed by atoms with Crippen LogP contribution in [0, 0.1) is 0 Å². The molecular weight excluding hydrogens is 223 g/mol. The van der Waals surface area contributed by atoms with E-state index in [2.05, 4.69) is 9.24 Å². The summed E-state index contributed by atoms with van der Waals surface area (Å²) in [5.41, 5.74) is 0. The predicted molar refractivity (Wildman–Crippen MR) is 72.5 cm³/mol. The predicted octanol–water partition coefficient (Wildman–Crippen LogP) is 3.63. The summed E-state index contributed by atoms with van der Waals surface area (Å²) in [6.45, 7) is 5.61. The van der Waals surface area contributed by atoms with E-state index in [-0.39, 0.29) is 5.78 Å². The molecule has 0 radical (unpaired) electrons. The van der Waals surface area contributed by atoms with Gasteiger partial charge in [-0.05, 0) is 18.3 Å². The van der Waals surface area contributed by atoms with Gasteiger partial charge in [0.15, 0.2) is 5.78 Å². The van der Waals surface area contributed by atoms with E-state index in [1.165, 1.54) is 10.1 Å². The third-order valence-corrected chi connectivity index (χ3v) is 4.05. The number of ketones is 1. The lowest BCUT2D eigenvalue weighted by molar-refractivity contribution is 0.102. The average molecular weight is 238 g/mol. The molecule has 0 spiro atoms. The molecule has 1 nitrogen and oxygen atoms in total. The fourth-order valence-corrected chi connectivity index (χ4v) is 3.08. The molecule has 0 saturated heterocycles. The zero-order valence-corrected chi connectivity index (χ0v) is 11.2. The minimum Gasteiger partial charge on any atom is -0.294 e. The number of carbonyl (C=O) groups is 1. The van der Waals surface area contributed by atoms with Gasteiger partial charge in [-0.15, -0.1) is 20.6 Å². The van der Waals surface area contributed by atoms with E-state index in [4.69, 9.17) is 0 Å². The second-order valence-electron chi connectivity index (χ2n) is 2.90. The van der Waals surface area contributed by atoms with Crippen molar-refractivity contribution < 1.29 is 4.79 Å². The number of rotatable bonds is 1. The molecule has 0 saturated carbocycles. The summed E-state index contributed by atoms with van der Waals surface area (Å²) in [4.78, 5) is 12.1. The van der Waals surface area contributed by atoms with E-state index in [9.17, 15) is 4.79 Å². The van der Waals surface area contributed by atoms with Gasteiger partial charge in [0.25, 0.3) is 0 Å². The van der Waals surface area contributed by atoms with Crippen molar-refractivity contribution in [2.45, 2.75) is 20.8 Å². The van der Waals surface area contributed by atoms with Crippen molar-refractivity contribution in [3.63, 3.8) is 0 Å². The van der Waals surface area contributed by atoms with Gasteiger partial charge in [-0.2, -0.15) is 0 Å². The second-order valence-corrected chi connectivity index (χ2v) is 4.53. The smallest absolute Gasteiger partial charge is 0.170 e. The van der Waals surface area contributed by atoms with Gasteiger partial charge in [0.05, 0.1) is 4.88 Å². The zero-order chi connectivity index (χ0) is 11.4. The molecule has 3 heteroatoms. The monoisotopic (exact) mass is 238 g/mol. The third kappa shape index (κ3) is 2.45. The molecule has 0 bridgehead atoms. The summed E-state index contributed by atoms with van der Waals surface area (Å²) in [7, 11) is 2.65. The molecule has 1 unspecified atom stereocenters. The maximum Gasteiger partial charge on any atom is 0.170 e. The Bertz CT molecular complexity index is 473. The number of Topliss-reactive ketones (excluding diaryl/α,β-unsaturated/α-hetero) is 1. The van der Waals surface area contributed by atoms with Crippen LogP contribution in [0.1, 0.15) is 30.4 Å². The molecule has 1 heterocycles. The molecule has 1 atom stereocenters. The van der Waals surface area contributed by atoms with E-state index < -0.39 is 0 Å². The van der Waals surface area contributed by atoms with Crippen molar-refractivity contribution >= 4 is 41.8 Å². The average Bonchev–Trinajstić information content (AvgIpc) is 2.60. The van der Waals surface area contributed by atoms with Crippen LogP contribution in [0.15, 0.2) is 24.3 Å². The Hall–Kier alpha value is -0.720. The minimum atomic E-state index is 0.145. The van der Waals surface area contributed by atoms with Gasteiger partial charge in [-0.25, -0.2) is 0 Å². The maximum absolute atomic E-state index is 11.2. The highest BCUT2D eigenvalue weighted by Gasteiger charge is 2.10. The van der Waals surface area contributed by atoms with Crippen LogP contribution in [0.2, 0.25) is 0 Å². The lowest BCUT2D eigenvalue weighted by atomic mass is 10.2. The first-order valence-corrected chi connectivity index (χ1v) is 6.37. The van der Waals surface area contributed by atoms with Crippen molar-refractivity contribution in [3.05, 3.63) is 29.1 Å². The number of benzene rings is 1. The van der Waals surface area contributed by atoms with E-state index in [1.54, 1.807) is 18.3 Å². The molecule has 0 fully saturated rings. The first-order chi connectivity index (χ1) is 7.20. The van der Waals surface area contributed by atoms with Crippen molar-refractivity contribution in [1.29, 1.82) is 0 Å². The number of thiophene rings is 1. The SMILES string of the molecule is CC.CC(=O)c1sc2ccccc2c1P. The van der Waals surface area contributed by atoms with Crippen LogP contribution in [0.25, 0.3) is 10.1 Å². The van der Waals surface area contributed by atoms with E-state index in [1.807, 2.05) is 38.1 Å². The number of hydrogen-bond acceptors (Lipinski definition) is 2. The van der Waals surface area contributed by atoms with Crippen LogP contribution in [-0.4, -0.2) is 5.78 Å². The van der Waals surface area contributed by atoms with E-state index in [0.717, 1.165) is 10.2 Å². The lowest BCUT2D eigenvalue weighted by Crippen LogP contribution is -2.00. The van der Waals surface area contributed by atoms with Crippen molar-refractivity contribution in [2.75, 3.05) is 0 Å². The molecule has 0 aliphatic heterocycles. The van der Waals surface area contributed by atoms with E-state index >= 15 is 0 Å². The normalized spacial score (nSPS) is 9.60. The summed E-state index contributed by atoms with van der Waals surface area (Å²) in [6.07, 6.45) is 0. The molecule has 0 aliphatic carbocycles. The van der Waals surface area contributed by atoms with Crippen LogP contribution in [0.4, 0.5) is 0 Å². The highest BCUT2D eigenvalue weighted by atomic mass is 32.1. The van der Waals surface area contributed by atoms with Gasteiger partial charge in [-0.1, -0.05) is 32.0 Å². The van der Waals surface area contributed by atoms with Crippen molar-refractivity contribution in [2.24, 2.45) is 0 Å². The Balaban J connectivity index is 0.000000531. The third-order valence-electron chi connectivity index (χ3n) is 1.95. The summed E-state index contributed by atoms with van der Waals surface area (Å²) in [5, 5.41) is 2.20. The van der Waals surface area contributed by atoms with E-state index in [0.29, 0.717) is 0 Å². The van der Waals surface area contributed by atoms with Crippen LogP contribution in [0.5, 0.6) is 0 Å².